The number of hydrazone groups is 1. The van der Waals surface area contributed by atoms with E-state index in [0.29, 0.717) is 10.6 Å². The Balaban J connectivity index is 2.39. The van der Waals surface area contributed by atoms with Crippen LogP contribution in [-0.4, -0.2) is 16.5 Å². The number of hydrogen-bond acceptors (Lipinski definition) is 3. The van der Waals surface area contributed by atoms with Crippen molar-refractivity contribution in [3.05, 3.63) is 30.3 Å². The Hall–Kier alpha value is -1.55. The smallest absolute Gasteiger partial charge is 0.266 e. The van der Waals surface area contributed by atoms with E-state index in [1.165, 1.54) is 5.01 Å². The van der Waals surface area contributed by atoms with Crippen LogP contribution in [0, 0.1) is 0 Å². The maximum absolute atomic E-state index is 11.6. The summed E-state index contributed by atoms with van der Waals surface area (Å²) in [6.45, 7) is 1.74. The molecule has 4 heteroatoms. The molecule has 0 atom stereocenters. The zero-order chi connectivity index (χ0) is 10.1. The SMILES string of the molecule is CC1=NN(c2ccccc2)C(=O)C1=S. The lowest BCUT2D eigenvalue weighted by Gasteiger charge is -2.10. The van der Waals surface area contributed by atoms with Gasteiger partial charge in [0.05, 0.1) is 11.4 Å². The highest BCUT2D eigenvalue weighted by Gasteiger charge is 2.28. The molecule has 0 saturated carbocycles. The number of rotatable bonds is 1. The third-order valence-corrected chi connectivity index (χ3v) is 2.44. The summed E-state index contributed by atoms with van der Waals surface area (Å²) in [6, 6.07) is 9.24. The van der Waals surface area contributed by atoms with Crippen LogP contribution in [0.2, 0.25) is 0 Å². The second-order valence-corrected chi connectivity index (χ2v) is 3.38. The first-order valence-corrected chi connectivity index (χ1v) is 4.60. The van der Waals surface area contributed by atoms with Gasteiger partial charge in [0, 0.05) is 0 Å². The van der Waals surface area contributed by atoms with Crippen molar-refractivity contribution in [2.75, 3.05) is 5.01 Å². The van der Waals surface area contributed by atoms with Crippen LogP contribution in [-0.2, 0) is 4.79 Å². The summed E-state index contributed by atoms with van der Waals surface area (Å²) in [5.41, 5.74) is 1.35. The molecule has 0 saturated heterocycles. The Morgan fingerprint density at radius 2 is 1.93 bits per heavy atom. The molecule has 0 fully saturated rings. The van der Waals surface area contributed by atoms with Crippen LogP contribution >= 0.6 is 12.2 Å². The summed E-state index contributed by atoms with van der Waals surface area (Å²) >= 11 is 4.92. The summed E-state index contributed by atoms with van der Waals surface area (Å²) in [5, 5.41) is 5.41. The minimum atomic E-state index is -0.219. The number of benzene rings is 1. The zero-order valence-electron chi connectivity index (χ0n) is 7.60. The molecule has 2 rings (SSSR count). The lowest BCUT2D eigenvalue weighted by atomic mass is 10.3. The first kappa shape index (κ1) is 9.02. The summed E-state index contributed by atoms with van der Waals surface area (Å²) in [5.74, 6) is -0.219. The molecule has 0 spiro atoms. The van der Waals surface area contributed by atoms with Crippen LogP contribution in [0.5, 0.6) is 0 Å². The fourth-order valence-corrected chi connectivity index (χ4v) is 1.36. The van der Waals surface area contributed by atoms with E-state index < -0.39 is 0 Å². The van der Waals surface area contributed by atoms with Crippen molar-refractivity contribution >= 4 is 34.4 Å². The lowest BCUT2D eigenvalue weighted by molar-refractivity contribution is -0.111. The third kappa shape index (κ3) is 1.33. The molecule has 0 N–H and O–H groups in total. The molecule has 0 unspecified atom stereocenters. The number of anilines is 1. The Morgan fingerprint density at radius 3 is 2.43 bits per heavy atom. The lowest BCUT2D eigenvalue weighted by Crippen LogP contribution is -2.25. The highest BCUT2D eigenvalue weighted by Crippen LogP contribution is 2.18. The van der Waals surface area contributed by atoms with Gasteiger partial charge in [-0.2, -0.15) is 10.1 Å². The second kappa shape index (κ2) is 3.31. The normalized spacial score (nSPS) is 16.1. The highest BCUT2D eigenvalue weighted by atomic mass is 32.1. The van der Waals surface area contributed by atoms with Gasteiger partial charge in [-0.05, 0) is 19.1 Å². The van der Waals surface area contributed by atoms with Crippen molar-refractivity contribution in [1.29, 1.82) is 0 Å². The van der Waals surface area contributed by atoms with Gasteiger partial charge in [-0.25, -0.2) is 0 Å². The molecule has 0 aliphatic carbocycles. The molecule has 1 aliphatic rings. The molecule has 1 aromatic carbocycles. The van der Waals surface area contributed by atoms with E-state index in [9.17, 15) is 4.79 Å². The fraction of sp³-hybridized carbons (Fsp3) is 0.100. The van der Waals surface area contributed by atoms with Crippen LogP contribution in [0.3, 0.4) is 0 Å². The van der Waals surface area contributed by atoms with Gasteiger partial charge in [0.1, 0.15) is 4.86 Å². The molecule has 0 aromatic heterocycles. The standard InChI is InChI=1S/C10H8N2OS/c1-7-9(14)10(13)12(11-7)8-5-3-2-4-6-8/h2-6H,1H3. The highest BCUT2D eigenvalue weighted by molar-refractivity contribution is 7.84. The number of hydrogen-bond donors (Lipinski definition) is 0. The minimum Gasteiger partial charge on any atom is -0.266 e. The summed E-state index contributed by atoms with van der Waals surface area (Å²) in [6.07, 6.45) is 0. The van der Waals surface area contributed by atoms with Gasteiger partial charge >= 0.3 is 0 Å². The zero-order valence-corrected chi connectivity index (χ0v) is 8.41. The van der Waals surface area contributed by atoms with E-state index in [1.54, 1.807) is 6.92 Å². The summed E-state index contributed by atoms with van der Waals surface area (Å²) in [7, 11) is 0. The molecule has 1 heterocycles. The maximum Gasteiger partial charge on any atom is 0.291 e. The van der Waals surface area contributed by atoms with Crippen LogP contribution < -0.4 is 5.01 Å². The van der Waals surface area contributed by atoms with E-state index in [0.717, 1.165) is 5.69 Å². The molecule has 0 bridgehead atoms. The fourth-order valence-electron chi connectivity index (χ4n) is 1.24. The second-order valence-electron chi connectivity index (χ2n) is 2.97. The van der Waals surface area contributed by atoms with Gasteiger partial charge < -0.3 is 0 Å². The molecule has 1 aliphatic heterocycles. The van der Waals surface area contributed by atoms with E-state index >= 15 is 0 Å². The van der Waals surface area contributed by atoms with Gasteiger partial charge in [0.25, 0.3) is 5.91 Å². The maximum atomic E-state index is 11.6. The predicted octanol–water partition coefficient (Wildman–Crippen LogP) is 1.78. The first-order chi connectivity index (χ1) is 6.70. The third-order valence-electron chi connectivity index (χ3n) is 1.97. The van der Waals surface area contributed by atoms with Gasteiger partial charge in [-0.1, -0.05) is 30.4 Å². The largest absolute Gasteiger partial charge is 0.291 e. The van der Waals surface area contributed by atoms with Crippen molar-refractivity contribution in [3.8, 4) is 0 Å². The predicted molar refractivity (Wildman–Crippen MR) is 59.6 cm³/mol. The van der Waals surface area contributed by atoms with Gasteiger partial charge in [-0.15, -0.1) is 0 Å². The monoisotopic (exact) mass is 204 g/mol. The van der Waals surface area contributed by atoms with Crippen molar-refractivity contribution in [3.63, 3.8) is 0 Å². The number of nitrogens with zero attached hydrogens (tertiary/aromatic N) is 2. The Kier molecular flexibility index (Phi) is 2.13. The van der Waals surface area contributed by atoms with Crippen molar-refractivity contribution in [2.24, 2.45) is 5.10 Å². The van der Waals surface area contributed by atoms with Crippen LogP contribution in [0.1, 0.15) is 6.92 Å². The number of thiocarbonyl (C=S) groups is 1. The molecule has 70 valence electrons. The van der Waals surface area contributed by atoms with Gasteiger partial charge in [0.15, 0.2) is 0 Å². The quantitative estimate of drug-likeness (QED) is 0.653. The van der Waals surface area contributed by atoms with Crippen molar-refractivity contribution < 1.29 is 4.79 Å². The molecular weight excluding hydrogens is 196 g/mol. The summed E-state index contributed by atoms with van der Waals surface area (Å²) < 4.78 is 0. The minimum absolute atomic E-state index is 0.219. The topological polar surface area (TPSA) is 32.7 Å². The van der Waals surface area contributed by atoms with E-state index in [-0.39, 0.29) is 5.91 Å². The molecule has 14 heavy (non-hydrogen) atoms. The number of para-hydroxylation sites is 1. The van der Waals surface area contributed by atoms with Crippen molar-refractivity contribution in [1.82, 2.24) is 0 Å². The Bertz CT molecular complexity index is 425. The van der Waals surface area contributed by atoms with Crippen LogP contribution in [0.25, 0.3) is 0 Å². The van der Waals surface area contributed by atoms with E-state index in [1.807, 2.05) is 30.3 Å². The van der Waals surface area contributed by atoms with Crippen molar-refractivity contribution in [2.45, 2.75) is 6.92 Å². The molecule has 1 amide bonds. The van der Waals surface area contributed by atoms with Gasteiger partial charge in [0.2, 0.25) is 0 Å². The Morgan fingerprint density at radius 1 is 1.29 bits per heavy atom. The van der Waals surface area contributed by atoms with Crippen LogP contribution in [0.4, 0.5) is 5.69 Å². The average Bonchev–Trinajstić information content (AvgIpc) is 2.47. The molecule has 1 aromatic rings. The number of amides is 1. The summed E-state index contributed by atoms with van der Waals surface area (Å²) in [4.78, 5) is 11.9. The molecule has 0 radical (unpaired) electrons. The van der Waals surface area contributed by atoms with Gasteiger partial charge in [-0.3, -0.25) is 4.79 Å². The number of carbonyl (C=O) groups excluding carboxylic acids is 1. The van der Waals surface area contributed by atoms with E-state index in [2.05, 4.69) is 5.10 Å². The Labute approximate surface area is 87.0 Å². The molecular formula is C10H8N2OS. The first-order valence-electron chi connectivity index (χ1n) is 4.19. The van der Waals surface area contributed by atoms with E-state index in [4.69, 9.17) is 12.2 Å². The average molecular weight is 204 g/mol. The molecule has 3 nitrogen and oxygen atoms in total. The van der Waals surface area contributed by atoms with Crippen LogP contribution in [0.15, 0.2) is 35.4 Å². The number of carbonyl (C=O) groups is 1.